The number of fused-ring (bicyclic) bond motifs is 1. The van der Waals surface area contributed by atoms with Gasteiger partial charge in [-0.15, -0.1) is 0 Å². The second-order valence-corrected chi connectivity index (χ2v) is 10.9. The molecular formula is C22H25N3O4S2. The van der Waals surface area contributed by atoms with Gasteiger partial charge in [0.25, 0.3) is 5.22 Å². The zero-order chi connectivity index (χ0) is 22.0. The van der Waals surface area contributed by atoms with E-state index < -0.39 is 10.0 Å². The molecule has 0 saturated carbocycles. The molecule has 1 aliphatic rings. The van der Waals surface area contributed by atoms with Crippen LogP contribution in [-0.2, 0) is 14.8 Å². The molecule has 1 amide bonds. The van der Waals surface area contributed by atoms with Gasteiger partial charge in [0.15, 0.2) is 5.58 Å². The molecule has 1 N–H and O–H groups in total. The van der Waals surface area contributed by atoms with E-state index in [1.54, 1.807) is 28.6 Å². The molecule has 2 heterocycles. The van der Waals surface area contributed by atoms with Crippen LogP contribution >= 0.6 is 11.8 Å². The largest absolute Gasteiger partial charge is 0.431 e. The first-order valence-corrected chi connectivity index (χ1v) is 12.6. The highest BCUT2D eigenvalue weighted by atomic mass is 32.2. The Hall–Kier alpha value is -2.36. The summed E-state index contributed by atoms with van der Waals surface area (Å²) in [7, 11) is -3.54. The van der Waals surface area contributed by atoms with Gasteiger partial charge in [-0.1, -0.05) is 37.7 Å². The van der Waals surface area contributed by atoms with Crippen LogP contribution < -0.4 is 5.32 Å². The van der Waals surface area contributed by atoms with E-state index in [1.165, 1.54) is 11.8 Å². The zero-order valence-electron chi connectivity index (χ0n) is 17.4. The van der Waals surface area contributed by atoms with Gasteiger partial charge >= 0.3 is 0 Å². The second kappa shape index (κ2) is 9.02. The smallest absolute Gasteiger partial charge is 0.257 e. The summed E-state index contributed by atoms with van der Waals surface area (Å²) in [6.07, 6.45) is 1.04. The first kappa shape index (κ1) is 21.9. The van der Waals surface area contributed by atoms with Gasteiger partial charge in [0.05, 0.1) is 10.6 Å². The summed E-state index contributed by atoms with van der Waals surface area (Å²) >= 11 is 1.21. The van der Waals surface area contributed by atoms with Crippen LogP contribution in [0.2, 0.25) is 0 Å². The van der Waals surface area contributed by atoms with E-state index in [2.05, 4.69) is 24.1 Å². The summed E-state index contributed by atoms with van der Waals surface area (Å²) in [5, 5.41) is 3.21. The maximum absolute atomic E-state index is 13.0. The summed E-state index contributed by atoms with van der Waals surface area (Å²) < 4.78 is 33.1. The molecule has 1 saturated heterocycles. The van der Waals surface area contributed by atoms with Crippen molar-refractivity contribution < 1.29 is 17.6 Å². The number of carbonyl (C=O) groups excluding carboxylic acids is 1. The first-order chi connectivity index (χ1) is 14.8. The highest BCUT2D eigenvalue weighted by Gasteiger charge is 2.31. The van der Waals surface area contributed by atoms with Crippen molar-refractivity contribution in [1.29, 1.82) is 0 Å². The number of hydrogen-bond acceptors (Lipinski definition) is 6. The fourth-order valence-electron chi connectivity index (χ4n) is 3.90. The minimum atomic E-state index is -3.54. The maximum atomic E-state index is 13.0. The number of anilines is 1. The van der Waals surface area contributed by atoms with Crippen molar-refractivity contribution >= 4 is 44.5 Å². The van der Waals surface area contributed by atoms with E-state index in [9.17, 15) is 13.2 Å². The third-order valence-corrected chi connectivity index (χ3v) is 7.89. The summed E-state index contributed by atoms with van der Waals surface area (Å²) in [6, 6.07) is 13.7. The van der Waals surface area contributed by atoms with Crippen LogP contribution in [-0.4, -0.2) is 42.5 Å². The number of aromatic nitrogens is 1. The third kappa shape index (κ3) is 5.11. The molecule has 0 aliphatic carbocycles. The van der Waals surface area contributed by atoms with Gasteiger partial charge in [-0.05, 0) is 54.7 Å². The number of nitrogens with zero attached hydrogens (tertiary/aromatic N) is 2. The molecule has 1 aromatic heterocycles. The number of para-hydroxylation sites is 2. The second-order valence-electron chi connectivity index (χ2n) is 8.08. The number of rotatable bonds is 6. The molecule has 31 heavy (non-hydrogen) atoms. The van der Waals surface area contributed by atoms with E-state index in [-0.39, 0.29) is 16.6 Å². The molecule has 7 nitrogen and oxygen atoms in total. The van der Waals surface area contributed by atoms with Gasteiger partial charge in [-0.25, -0.2) is 13.4 Å². The van der Waals surface area contributed by atoms with Gasteiger partial charge < -0.3 is 9.73 Å². The zero-order valence-corrected chi connectivity index (χ0v) is 19.1. The Bertz CT molecular complexity index is 1130. The number of hydrogen-bond donors (Lipinski definition) is 1. The van der Waals surface area contributed by atoms with Gasteiger partial charge in [-0.2, -0.15) is 4.31 Å². The molecule has 0 spiro atoms. The Kier molecular flexibility index (Phi) is 6.36. The van der Waals surface area contributed by atoms with E-state index in [1.807, 2.05) is 24.3 Å². The fourth-order valence-corrected chi connectivity index (χ4v) is 6.22. The van der Waals surface area contributed by atoms with Gasteiger partial charge in [0.2, 0.25) is 15.9 Å². The van der Waals surface area contributed by atoms with Gasteiger partial charge in [-0.3, -0.25) is 4.79 Å². The highest BCUT2D eigenvalue weighted by molar-refractivity contribution is 7.99. The normalized spacial score (nSPS) is 20.1. The Morgan fingerprint density at radius 1 is 1.13 bits per heavy atom. The quantitative estimate of drug-likeness (QED) is 0.555. The van der Waals surface area contributed by atoms with E-state index in [4.69, 9.17) is 4.42 Å². The lowest BCUT2D eigenvalue weighted by Crippen LogP contribution is -2.42. The molecular weight excluding hydrogens is 434 g/mol. The van der Waals surface area contributed by atoms with Crippen LogP contribution in [0.4, 0.5) is 5.69 Å². The van der Waals surface area contributed by atoms with Crippen molar-refractivity contribution in [3.8, 4) is 0 Å². The summed E-state index contributed by atoms with van der Waals surface area (Å²) in [5.74, 6) is 0.601. The Morgan fingerprint density at radius 3 is 2.48 bits per heavy atom. The Morgan fingerprint density at radius 2 is 1.81 bits per heavy atom. The Balaban J connectivity index is 1.36. The number of piperidine rings is 1. The molecule has 1 fully saturated rings. The number of sulfonamides is 1. The number of thioether (sulfide) groups is 1. The minimum absolute atomic E-state index is 0.135. The van der Waals surface area contributed by atoms with Crippen molar-refractivity contribution in [3.63, 3.8) is 0 Å². The van der Waals surface area contributed by atoms with Crippen molar-refractivity contribution in [1.82, 2.24) is 9.29 Å². The highest BCUT2D eigenvalue weighted by Crippen LogP contribution is 2.27. The summed E-state index contributed by atoms with van der Waals surface area (Å²) in [6.45, 7) is 5.24. The maximum Gasteiger partial charge on any atom is 0.257 e. The predicted molar refractivity (Wildman–Crippen MR) is 122 cm³/mol. The topological polar surface area (TPSA) is 92.5 Å². The van der Waals surface area contributed by atoms with E-state index >= 15 is 0 Å². The molecule has 2 aromatic carbocycles. The summed E-state index contributed by atoms with van der Waals surface area (Å²) in [5.41, 5.74) is 1.97. The molecule has 1 aliphatic heterocycles. The van der Waals surface area contributed by atoms with Crippen molar-refractivity contribution in [3.05, 3.63) is 48.5 Å². The van der Waals surface area contributed by atoms with Crippen LogP contribution in [0, 0.1) is 11.8 Å². The predicted octanol–water partition coefficient (Wildman–Crippen LogP) is 4.23. The van der Waals surface area contributed by atoms with Crippen molar-refractivity contribution in [2.24, 2.45) is 11.8 Å². The SMILES string of the molecule is CC1CC(C)CN(S(=O)(=O)c2ccc(NC(=O)CSc3nc4ccccc4o3)cc2)C1. The van der Waals surface area contributed by atoms with Crippen LogP contribution in [0.3, 0.4) is 0 Å². The molecule has 164 valence electrons. The number of oxazole rings is 1. The average molecular weight is 460 g/mol. The standard InChI is InChI=1S/C22H25N3O4S2/c1-15-11-16(2)13-25(12-15)31(27,28)18-9-7-17(8-10-18)23-21(26)14-30-22-24-19-5-3-4-6-20(19)29-22/h3-10,15-16H,11-14H2,1-2H3,(H,23,26). The minimum Gasteiger partial charge on any atom is -0.431 e. The fraction of sp³-hybridized carbons (Fsp3) is 0.364. The molecule has 9 heteroatoms. The van der Waals surface area contributed by atoms with Crippen molar-refractivity contribution in [2.75, 3.05) is 24.2 Å². The van der Waals surface area contributed by atoms with Crippen LogP contribution in [0.15, 0.2) is 63.1 Å². The van der Waals surface area contributed by atoms with Crippen LogP contribution in [0.5, 0.6) is 0 Å². The molecule has 3 aromatic rings. The number of nitrogens with one attached hydrogen (secondary N) is 1. The lowest BCUT2D eigenvalue weighted by molar-refractivity contribution is -0.113. The number of carbonyl (C=O) groups is 1. The molecule has 2 unspecified atom stereocenters. The number of amides is 1. The summed E-state index contributed by atoms with van der Waals surface area (Å²) in [4.78, 5) is 16.8. The molecule has 2 atom stereocenters. The van der Waals surface area contributed by atoms with Gasteiger partial charge in [0.1, 0.15) is 5.52 Å². The van der Waals surface area contributed by atoms with E-state index in [0.717, 1.165) is 11.9 Å². The van der Waals surface area contributed by atoms with Crippen molar-refractivity contribution in [2.45, 2.75) is 30.4 Å². The molecule has 0 bridgehead atoms. The van der Waals surface area contributed by atoms with Gasteiger partial charge in [0, 0.05) is 18.8 Å². The monoisotopic (exact) mass is 459 g/mol. The average Bonchev–Trinajstić information content (AvgIpc) is 3.15. The third-order valence-electron chi connectivity index (χ3n) is 5.21. The first-order valence-electron chi connectivity index (χ1n) is 10.2. The Labute approximate surface area is 186 Å². The molecule has 0 radical (unpaired) electrons. The van der Waals surface area contributed by atoms with Crippen LogP contribution in [0.1, 0.15) is 20.3 Å². The molecule has 4 rings (SSSR count). The lowest BCUT2D eigenvalue weighted by Gasteiger charge is -2.34. The lowest BCUT2D eigenvalue weighted by atomic mass is 9.94. The van der Waals surface area contributed by atoms with Crippen LogP contribution in [0.25, 0.3) is 11.1 Å². The van der Waals surface area contributed by atoms with E-state index in [0.29, 0.717) is 41.4 Å². The number of benzene rings is 2.